The molecule has 0 saturated carbocycles. The Morgan fingerprint density at radius 2 is 0.321 bits per heavy atom. The van der Waals surface area contributed by atoms with Crippen LogP contribution in [0.5, 0.6) is 0 Å². The van der Waals surface area contributed by atoms with Crippen molar-refractivity contribution in [3.63, 3.8) is 0 Å². The minimum atomic E-state index is 0.616. The third-order valence-corrected chi connectivity index (χ3v) is 26.3. The van der Waals surface area contributed by atoms with Crippen LogP contribution < -0.4 is 0 Å². The predicted molar refractivity (Wildman–Crippen MR) is 561 cm³/mol. The van der Waals surface area contributed by atoms with Crippen LogP contribution in [0.4, 0.5) is 0 Å². The van der Waals surface area contributed by atoms with Crippen molar-refractivity contribution in [2.75, 3.05) is 0 Å². The molecular weight excluding hydrogens is 1680 g/mol. The van der Waals surface area contributed by atoms with Crippen LogP contribution in [-0.4, -0.2) is 44.9 Å². The SMILES string of the molecule is c1ccc(-c2ccc(-c3nc(-c4ccccc4)nc(-c4ccc5oc6ccc7ccc8ccccc8c7c6c5c4)n3)cc2)cc1.c1ccc(-c2cccc(-c3nc(-c4ccccc4)nc(-c4ccc5oc6ccc7ccc8ccccc8c7c6c5c4)n3)c2)cc1.c1ccc2cc(-c3nc(-c4ccc5ccccc5c4)nc(-c4ccc5oc6ccc7ccc8ccccc8c7c6c5c4)n3)ccc2c1. The van der Waals surface area contributed by atoms with Gasteiger partial charge in [0.25, 0.3) is 0 Å². The Kier molecular flexibility index (Phi) is 19.3. The monoisotopic (exact) mass is 1750 g/mol. The molecule has 0 radical (unpaired) electrons. The molecule has 6 heterocycles. The van der Waals surface area contributed by atoms with Crippen LogP contribution in [0, 0.1) is 0 Å². The zero-order chi connectivity index (χ0) is 90.4. The van der Waals surface area contributed by atoms with E-state index in [-0.39, 0.29) is 0 Å². The lowest BCUT2D eigenvalue weighted by molar-refractivity contribution is 0.669. The van der Waals surface area contributed by atoms with Crippen molar-refractivity contribution in [1.82, 2.24) is 44.9 Å². The Morgan fingerprint density at radius 1 is 0.109 bits per heavy atom. The molecule has 6 aromatic heterocycles. The van der Waals surface area contributed by atoms with E-state index >= 15 is 0 Å². The molecule has 0 atom stereocenters. The van der Waals surface area contributed by atoms with Crippen LogP contribution >= 0.6 is 0 Å². The van der Waals surface area contributed by atoms with Gasteiger partial charge in [-0.25, -0.2) is 44.9 Å². The molecule has 0 aliphatic heterocycles. The fraction of sp³-hybridized carbons (Fsp3) is 0. The van der Waals surface area contributed by atoms with Gasteiger partial charge in [-0.3, -0.25) is 0 Å². The van der Waals surface area contributed by atoms with Crippen molar-refractivity contribution in [3.05, 3.63) is 455 Å². The van der Waals surface area contributed by atoms with Gasteiger partial charge in [0.15, 0.2) is 52.4 Å². The van der Waals surface area contributed by atoms with E-state index in [4.69, 9.17) is 58.1 Å². The number of benzene rings is 22. The predicted octanol–water partition coefficient (Wildman–Crippen LogP) is 32.9. The maximum Gasteiger partial charge on any atom is 0.164 e. The number of fused-ring (bicyclic) bond motifs is 23. The van der Waals surface area contributed by atoms with Gasteiger partial charge in [-0.05, 0) is 183 Å². The van der Waals surface area contributed by atoms with E-state index in [0.29, 0.717) is 52.4 Å². The summed E-state index contributed by atoms with van der Waals surface area (Å²) in [6.07, 6.45) is 0. The second-order valence-corrected chi connectivity index (χ2v) is 34.6. The molecule has 28 aromatic rings. The minimum absolute atomic E-state index is 0.616. The highest BCUT2D eigenvalue weighted by atomic mass is 16.3. The summed E-state index contributed by atoms with van der Waals surface area (Å²) in [6, 6.07) is 157. The number of aromatic nitrogens is 9. The third kappa shape index (κ3) is 14.6. The van der Waals surface area contributed by atoms with Gasteiger partial charge in [0.05, 0.1) is 0 Å². The first-order chi connectivity index (χ1) is 67.8. The first-order valence-electron chi connectivity index (χ1n) is 45.8. The summed E-state index contributed by atoms with van der Waals surface area (Å²) in [4.78, 5) is 45.3. The average molecular weight is 1750 g/mol. The second-order valence-electron chi connectivity index (χ2n) is 34.6. The first-order valence-corrected chi connectivity index (χ1v) is 45.8. The topological polar surface area (TPSA) is 155 Å². The molecule has 0 amide bonds. The Balaban J connectivity index is 0.000000106. The van der Waals surface area contributed by atoms with E-state index < -0.39 is 0 Å². The molecule has 0 aliphatic rings. The lowest BCUT2D eigenvalue weighted by Crippen LogP contribution is -2.00. The largest absolute Gasteiger partial charge is 0.456 e. The molecule has 0 fully saturated rings. The Morgan fingerprint density at radius 3 is 0.679 bits per heavy atom. The molecule has 638 valence electrons. The highest BCUT2D eigenvalue weighted by Gasteiger charge is 2.24. The molecule has 0 saturated heterocycles. The fourth-order valence-electron chi connectivity index (χ4n) is 19.5. The molecule has 12 nitrogen and oxygen atoms in total. The van der Waals surface area contributed by atoms with E-state index in [1.54, 1.807) is 0 Å². The number of nitrogens with zero attached hydrogens (tertiary/aromatic N) is 9. The lowest BCUT2D eigenvalue weighted by atomic mass is 9.97. The van der Waals surface area contributed by atoms with Gasteiger partial charge < -0.3 is 13.3 Å². The summed E-state index contributed by atoms with van der Waals surface area (Å²) in [5, 5.41) is 25.5. The van der Waals surface area contributed by atoms with Crippen LogP contribution in [0.2, 0.25) is 0 Å². The zero-order valence-corrected chi connectivity index (χ0v) is 73.6. The highest BCUT2D eigenvalue weighted by molar-refractivity contribution is 6.30. The lowest BCUT2D eigenvalue weighted by Gasteiger charge is -2.10. The summed E-state index contributed by atoms with van der Waals surface area (Å²) in [7, 11) is 0. The molecule has 12 heteroatoms. The first kappa shape index (κ1) is 79.3. The molecule has 137 heavy (non-hydrogen) atoms. The maximum atomic E-state index is 6.42. The van der Waals surface area contributed by atoms with Crippen LogP contribution in [0.1, 0.15) is 0 Å². The van der Waals surface area contributed by atoms with E-state index in [9.17, 15) is 0 Å². The van der Waals surface area contributed by atoms with Gasteiger partial charge in [0.2, 0.25) is 0 Å². The summed E-state index contributed by atoms with van der Waals surface area (Å²) >= 11 is 0. The Labute approximate surface area is 784 Å². The number of rotatable bonds is 11. The number of hydrogen-bond donors (Lipinski definition) is 0. The van der Waals surface area contributed by atoms with E-state index in [1.165, 1.54) is 81.0 Å². The summed E-state index contributed by atoms with van der Waals surface area (Å²) in [6.45, 7) is 0. The van der Waals surface area contributed by atoms with E-state index in [0.717, 1.165) is 143 Å². The standard InChI is InChI=1S/C43H25N3O.2C41H25N3O/c1-3-10-30-23-32(17-13-26(30)7-1)41-44-42(33-18-14-27-8-2-4-11-31(27)24-33)46-43(45-41)34-20-21-37-36(25-34)40-38(47-37)22-19-29-16-15-28-9-5-6-12-35(28)39(29)40;1-3-10-26(11-4-1)30-15-9-16-31(24-30)40-42-39(29-13-5-2-6-14-29)43-41(44-40)32-21-22-35-34(25-32)38-36(45-35)23-20-28-19-18-27-12-7-8-17-33(27)37(28)38;1-3-9-26(10-4-1)27-15-19-31(20-16-27)40-42-39(30-12-5-2-6-13-30)43-41(44-40)32-22-23-35-34(25-32)38-36(45-35)24-21-29-18-17-28-11-7-8-14-33(28)37(29)38/h1-25H;2*1-25H. The second kappa shape index (κ2) is 33.3. The number of furan rings is 3. The van der Waals surface area contributed by atoms with E-state index in [1.807, 2.05) is 103 Å². The Hall–Kier alpha value is -18.7. The van der Waals surface area contributed by atoms with Gasteiger partial charge in [-0.15, -0.1) is 0 Å². The van der Waals surface area contributed by atoms with Crippen LogP contribution in [-0.2, 0) is 0 Å². The molecule has 28 rings (SSSR count). The van der Waals surface area contributed by atoms with Crippen molar-refractivity contribution in [2.24, 2.45) is 0 Å². The number of hydrogen-bond acceptors (Lipinski definition) is 12. The molecule has 0 unspecified atom stereocenters. The molecule has 0 N–H and O–H groups in total. The van der Waals surface area contributed by atoms with E-state index in [2.05, 4.69) is 352 Å². The van der Waals surface area contributed by atoms with Crippen molar-refractivity contribution in [3.8, 4) is 125 Å². The van der Waals surface area contributed by atoms with Crippen molar-refractivity contribution >= 4 is 152 Å². The average Bonchev–Trinajstić information content (AvgIpc) is 1.61. The fourth-order valence-corrected chi connectivity index (χ4v) is 19.5. The zero-order valence-electron chi connectivity index (χ0n) is 73.6. The van der Waals surface area contributed by atoms with Gasteiger partial charge in [0.1, 0.15) is 33.5 Å². The van der Waals surface area contributed by atoms with Gasteiger partial charge >= 0.3 is 0 Å². The van der Waals surface area contributed by atoms with Crippen LogP contribution in [0.15, 0.2) is 468 Å². The molecule has 0 bridgehead atoms. The van der Waals surface area contributed by atoms with Crippen molar-refractivity contribution in [1.29, 1.82) is 0 Å². The third-order valence-electron chi connectivity index (χ3n) is 26.3. The van der Waals surface area contributed by atoms with Crippen molar-refractivity contribution in [2.45, 2.75) is 0 Å². The quantitative estimate of drug-likeness (QED) is 0.113. The van der Waals surface area contributed by atoms with Gasteiger partial charge in [-0.2, -0.15) is 0 Å². The molecule has 22 aromatic carbocycles. The normalized spacial score (nSPS) is 11.6. The summed E-state index contributed by atoms with van der Waals surface area (Å²) < 4.78 is 19.2. The smallest absolute Gasteiger partial charge is 0.164 e. The van der Waals surface area contributed by atoms with Crippen molar-refractivity contribution < 1.29 is 13.3 Å². The summed E-state index contributed by atoms with van der Waals surface area (Å²) in [5.41, 5.74) is 18.0. The minimum Gasteiger partial charge on any atom is -0.456 e. The molecule has 0 aliphatic carbocycles. The van der Waals surface area contributed by atoms with Crippen LogP contribution in [0.3, 0.4) is 0 Å². The molecular formula is C125H75N9O3. The maximum absolute atomic E-state index is 6.42. The molecule has 0 spiro atoms. The highest BCUT2D eigenvalue weighted by Crippen LogP contribution is 2.46. The summed E-state index contributed by atoms with van der Waals surface area (Å²) in [5.74, 6) is 5.66. The van der Waals surface area contributed by atoms with Gasteiger partial charge in [0, 0.05) is 98.5 Å². The van der Waals surface area contributed by atoms with Crippen LogP contribution in [0.25, 0.3) is 277 Å². The van der Waals surface area contributed by atoms with Gasteiger partial charge in [-0.1, -0.05) is 364 Å². The Bertz CT molecular complexity index is 9590.